The number of benzene rings is 3. The van der Waals surface area contributed by atoms with Crippen LogP contribution in [0.25, 0.3) is 44.5 Å². The second-order valence-corrected chi connectivity index (χ2v) is 7.56. The molecule has 0 fully saturated rings. The van der Waals surface area contributed by atoms with E-state index in [2.05, 4.69) is 34.2 Å². The second kappa shape index (κ2) is 10.9. The molecule has 0 aliphatic rings. The summed E-state index contributed by atoms with van der Waals surface area (Å²) in [4.78, 5) is 8.71. The van der Waals surface area contributed by atoms with Gasteiger partial charge in [-0.15, -0.1) is 53.7 Å². The van der Waals surface area contributed by atoms with E-state index in [1.165, 1.54) is 0 Å². The monoisotopic (exact) mass is 629 g/mol. The van der Waals surface area contributed by atoms with Crippen molar-refractivity contribution >= 4 is 21.9 Å². The van der Waals surface area contributed by atoms with Gasteiger partial charge in [0.25, 0.3) is 0 Å². The number of aryl methyl sites for hydroxylation is 1. The third-order valence-corrected chi connectivity index (χ3v) is 5.30. The zero-order valence-corrected chi connectivity index (χ0v) is 21.1. The van der Waals surface area contributed by atoms with Crippen LogP contribution in [0.3, 0.4) is 0 Å². The van der Waals surface area contributed by atoms with E-state index in [1.54, 1.807) is 12.3 Å². The van der Waals surface area contributed by atoms with Crippen molar-refractivity contribution in [2.75, 3.05) is 0 Å². The van der Waals surface area contributed by atoms with Crippen molar-refractivity contribution in [3.63, 3.8) is 0 Å². The minimum atomic E-state index is 0. The van der Waals surface area contributed by atoms with Crippen LogP contribution in [-0.2, 0) is 20.1 Å². The number of aromatic nitrogens is 2. The predicted octanol–water partition coefficient (Wildman–Crippen LogP) is 6.97. The zero-order valence-electron chi connectivity index (χ0n) is 18.7. The van der Waals surface area contributed by atoms with E-state index < -0.39 is 0 Å². The van der Waals surface area contributed by atoms with Crippen molar-refractivity contribution in [2.24, 2.45) is 0 Å². The molecule has 168 valence electrons. The molecule has 0 aliphatic heterocycles. The summed E-state index contributed by atoms with van der Waals surface area (Å²) in [5.74, 6) is 0. The van der Waals surface area contributed by atoms with E-state index in [0.29, 0.717) is 22.4 Å². The van der Waals surface area contributed by atoms with Gasteiger partial charge in [0, 0.05) is 11.6 Å². The number of nitriles is 1. The molecule has 5 heteroatoms. The van der Waals surface area contributed by atoms with Crippen molar-refractivity contribution < 1.29 is 24.5 Å². The Morgan fingerprint density at radius 2 is 1.63 bits per heavy atom. The predicted molar refractivity (Wildman–Crippen MR) is 133 cm³/mol. The van der Waals surface area contributed by atoms with Crippen LogP contribution in [0.2, 0.25) is 0 Å². The molecule has 35 heavy (non-hydrogen) atoms. The van der Waals surface area contributed by atoms with Gasteiger partial charge in [-0.05, 0) is 36.0 Å². The van der Waals surface area contributed by atoms with Gasteiger partial charge in [0.1, 0.15) is 11.7 Å². The van der Waals surface area contributed by atoms with Gasteiger partial charge in [0.05, 0.1) is 5.56 Å². The molecular formula is C30H18IrN3O. The first kappa shape index (κ1) is 24.0. The van der Waals surface area contributed by atoms with Crippen LogP contribution in [-0.4, -0.2) is 9.97 Å². The molecule has 0 amide bonds. The molecule has 6 aromatic rings. The molecule has 3 heterocycles. The minimum Gasteiger partial charge on any atom is -0.512 e. The Labute approximate surface area is 217 Å². The molecule has 0 atom stereocenters. The molecular weight excluding hydrogens is 611 g/mol. The summed E-state index contributed by atoms with van der Waals surface area (Å²) >= 11 is 0. The maximum Gasteiger partial charge on any atom is 3.00 e. The number of nitrogens with zero attached hydrogens (tertiary/aromatic N) is 3. The SMILES string of the molecule is Cc1cc[c-]c(-c2[c-]ccc3c2oc2c(C#N)cccc23)n1.[Ir+3].[c-]1ccccc1-c1ccccn1. The van der Waals surface area contributed by atoms with Gasteiger partial charge in [0.2, 0.25) is 0 Å². The van der Waals surface area contributed by atoms with Crippen molar-refractivity contribution in [2.45, 2.75) is 6.92 Å². The smallest absolute Gasteiger partial charge is 0.512 e. The Morgan fingerprint density at radius 1 is 0.800 bits per heavy atom. The van der Waals surface area contributed by atoms with E-state index in [1.807, 2.05) is 85.8 Å². The van der Waals surface area contributed by atoms with Gasteiger partial charge >= 0.3 is 20.1 Å². The minimum absolute atomic E-state index is 0. The average Bonchev–Trinajstić information content (AvgIpc) is 3.29. The van der Waals surface area contributed by atoms with Gasteiger partial charge in [0.15, 0.2) is 0 Å². The molecule has 0 aliphatic carbocycles. The number of furan rings is 1. The second-order valence-electron chi connectivity index (χ2n) is 7.56. The van der Waals surface area contributed by atoms with Gasteiger partial charge in [-0.25, -0.2) is 12.1 Å². The Bertz CT molecular complexity index is 1580. The zero-order chi connectivity index (χ0) is 23.3. The molecule has 0 unspecified atom stereocenters. The molecule has 0 saturated carbocycles. The third-order valence-electron chi connectivity index (χ3n) is 5.30. The molecule has 4 nitrogen and oxygen atoms in total. The summed E-state index contributed by atoms with van der Waals surface area (Å²) in [5.41, 5.74) is 6.21. The Kier molecular flexibility index (Phi) is 7.47. The molecule has 3 aromatic carbocycles. The fourth-order valence-corrected chi connectivity index (χ4v) is 3.72. The van der Waals surface area contributed by atoms with Crippen molar-refractivity contribution in [1.82, 2.24) is 9.97 Å². The van der Waals surface area contributed by atoms with Crippen molar-refractivity contribution in [3.05, 3.63) is 121 Å². The normalized spacial score (nSPS) is 10.2. The number of rotatable bonds is 2. The van der Waals surface area contributed by atoms with Crippen LogP contribution in [0.4, 0.5) is 0 Å². The number of para-hydroxylation sites is 1. The number of pyridine rings is 2. The van der Waals surface area contributed by atoms with E-state index in [0.717, 1.165) is 33.3 Å². The largest absolute Gasteiger partial charge is 3.00 e. The van der Waals surface area contributed by atoms with Gasteiger partial charge in [-0.2, -0.15) is 23.0 Å². The standard InChI is InChI=1S/C19H10N2O.C11H8N.Ir/c1-12-5-2-10-17(21-12)16-9-4-8-15-14-7-3-6-13(11-20)18(14)22-19(15)16;1-2-6-10(7-3-1)11-8-4-5-9-12-11;/h2-8H,1H3;1-6,8-9H;/q-2;-1;+3. The van der Waals surface area contributed by atoms with Crippen LogP contribution in [0.15, 0.2) is 95.5 Å². The van der Waals surface area contributed by atoms with Crippen LogP contribution in [0, 0.1) is 36.5 Å². The molecule has 0 N–H and O–H groups in total. The Morgan fingerprint density at radius 3 is 2.37 bits per heavy atom. The van der Waals surface area contributed by atoms with E-state index in [9.17, 15) is 5.26 Å². The van der Waals surface area contributed by atoms with Crippen molar-refractivity contribution in [1.29, 1.82) is 5.26 Å². The molecule has 0 saturated heterocycles. The molecule has 3 aromatic heterocycles. The third kappa shape index (κ3) is 5.05. The van der Waals surface area contributed by atoms with Gasteiger partial charge in [-0.3, -0.25) is 0 Å². The topological polar surface area (TPSA) is 62.7 Å². The summed E-state index contributed by atoms with van der Waals surface area (Å²) in [7, 11) is 0. The van der Waals surface area contributed by atoms with Gasteiger partial charge in [-0.1, -0.05) is 29.7 Å². The van der Waals surface area contributed by atoms with Crippen LogP contribution in [0.1, 0.15) is 11.3 Å². The molecule has 6 rings (SSSR count). The summed E-state index contributed by atoms with van der Waals surface area (Å²) in [5, 5.41) is 11.1. The quantitative estimate of drug-likeness (QED) is 0.194. The maximum atomic E-state index is 9.25. The van der Waals surface area contributed by atoms with E-state index in [4.69, 9.17) is 4.42 Å². The maximum absolute atomic E-state index is 9.25. The molecule has 0 bridgehead atoms. The van der Waals surface area contributed by atoms with Crippen LogP contribution < -0.4 is 0 Å². The van der Waals surface area contributed by atoms with Gasteiger partial charge < -0.3 is 14.4 Å². The van der Waals surface area contributed by atoms with E-state index in [-0.39, 0.29) is 20.1 Å². The first-order valence-electron chi connectivity index (χ1n) is 10.7. The fourth-order valence-electron chi connectivity index (χ4n) is 3.72. The summed E-state index contributed by atoms with van der Waals surface area (Å²) in [6.45, 7) is 1.93. The number of hydrogen-bond acceptors (Lipinski definition) is 4. The first-order valence-corrected chi connectivity index (χ1v) is 10.7. The fraction of sp³-hybridized carbons (Fsp3) is 0.0333. The van der Waals surface area contributed by atoms with E-state index >= 15 is 0 Å². The Hall–Kier alpha value is -4.10. The average molecular weight is 629 g/mol. The summed E-state index contributed by atoms with van der Waals surface area (Å²) < 4.78 is 5.99. The summed E-state index contributed by atoms with van der Waals surface area (Å²) in [6.07, 6.45) is 1.79. The van der Waals surface area contributed by atoms with Crippen LogP contribution >= 0.6 is 0 Å². The first-order chi connectivity index (χ1) is 16.7. The molecule has 0 radical (unpaired) electrons. The molecule has 0 spiro atoms. The van der Waals surface area contributed by atoms with Crippen LogP contribution in [0.5, 0.6) is 0 Å². The Balaban J connectivity index is 0.000000189. The number of fused-ring (bicyclic) bond motifs is 3. The van der Waals surface area contributed by atoms with Crippen molar-refractivity contribution in [3.8, 4) is 28.6 Å². The summed E-state index contributed by atoms with van der Waals surface area (Å²) in [6, 6.07) is 38.4. The number of hydrogen-bond donors (Lipinski definition) is 0.